The van der Waals surface area contributed by atoms with Crippen molar-refractivity contribution in [2.45, 2.75) is 19.4 Å². The van der Waals surface area contributed by atoms with E-state index in [4.69, 9.17) is 21.1 Å². The fourth-order valence-corrected chi connectivity index (χ4v) is 2.02. The first-order valence-electron chi connectivity index (χ1n) is 6.99. The van der Waals surface area contributed by atoms with Gasteiger partial charge in [-0.1, -0.05) is 18.5 Å². The van der Waals surface area contributed by atoms with Crippen LogP contribution >= 0.6 is 11.6 Å². The quantitative estimate of drug-likeness (QED) is 0.870. The van der Waals surface area contributed by atoms with Gasteiger partial charge in [0.15, 0.2) is 6.10 Å². The van der Waals surface area contributed by atoms with Gasteiger partial charge in [-0.05, 0) is 55.0 Å². The van der Waals surface area contributed by atoms with Crippen LogP contribution in [-0.2, 0) is 4.79 Å². The van der Waals surface area contributed by atoms with E-state index in [1.54, 1.807) is 55.6 Å². The maximum absolute atomic E-state index is 12.3. The largest absolute Gasteiger partial charge is 0.497 e. The van der Waals surface area contributed by atoms with E-state index in [1.807, 2.05) is 6.92 Å². The predicted octanol–water partition coefficient (Wildman–Crippen LogP) is 4.14. The molecule has 2 rings (SSSR count). The first kappa shape index (κ1) is 16.2. The Labute approximate surface area is 135 Å². The second-order valence-corrected chi connectivity index (χ2v) is 5.12. The van der Waals surface area contributed by atoms with Crippen LogP contribution in [0.25, 0.3) is 0 Å². The number of carbonyl (C=O) groups excluding carboxylic acids is 1. The molecule has 0 aliphatic carbocycles. The molecule has 1 amide bonds. The Balaban J connectivity index is 2.00. The second-order valence-electron chi connectivity index (χ2n) is 4.69. The average molecular weight is 320 g/mol. The number of amides is 1. The number of halogens is 1. The molecule has 0 fully saturated rings. The second kappa shape index (κ2) is 7.71. The van der Waals surface area contributed by atoms with Crippen LogP contribution in [0.4, 0.5) is 5.69 Å². The van der Waals surface area contributed by atoms with E-state index in [2.05, 4.69) is 5.32 Å². The van der Waals surface area contributed by atoms with Gasteiger partial charge in [-0.3, -0.25) is 4.79 Å². The van der Waals surface area contributed by atoms with Crippen LogP contribution in [0.15, 0.2) is 48.5 Å². The number of hydrogen-bond acceptors (Lipinski definition) is 3. The van der Waals surface area contributed by atoms with Crippen LogP contribution in [0.2, 0.25) is 5.02 Å². The molecule has 1 atom stereocenters. The SMILES string of the molecule is CCC(Oc1ccc(OC)cc1)C(=O)Nc1ccc(Cl)cc1. The summed E-state index contributed by atoms with van der Waals surface area (Å²) in [6, 6.07) is 14.1. The molecule has 22 heavy (non-hydrogen) atoms. The molecule has 0 saturated carbocycles. The highest BCUT2D eigenvalue weighted by atomic mass is 35.5. The lowest BCUT2D eigenvalue weighted by atomic mass is 10.2. The lowest BCUT2D eigenvalue weighted by Gasteiger charge is -2.17. The van der Waals surface area contributed by atoms with Gasteiger partial charge in [-0.2, -0.15) is 0 Å². The monoisotopic (exact) mass is 319 g/mol. The zero-order valence-electron chi connectivity index (χ0n) is 12.5. The van der Waals surface area contributed by atoms with Crippen LogP contribution in [0.5, 0.6) is 11.5 Å². The standard InChI is InChI=1S/C17H18ClNO3/c1-3-16(22-15-10-8-14(21-2)9-11-15)17(20)19-13-6-4-12(18)5-7-13/h4-11,16H,3H2,1-2H3,(H,19,20). The zero-order valence-corrected chi connectivity index (χ0v) is 13.3. The molecule has 0 aliphatic heterocycles. The zero-order chi connectivity index (χ0) is 15.9. The van der Waals surface area contributed by atoms with Crippen LogP contribution in [0.3, 0.4) is 0 Å². The fourth-order valence-electron chi connectivity index (χ4n) is 1.90. The summed E-state index contributed by atoms with van der Waals surface area (Å²) in [7, 11) is 1.60. The topological polar surface area (TPSA) is 47.6 Å². The number of anilines is 1. The van der Waals surface area contributed by atoms with Crippen molar-refractivity contribution in [3.05, 3.63) is 53.6 Å². The van der Waals surface area contributed by atoms with Crippen LogP contribution in [0, 0.1) is 0 Å². The molecule has 2 aromatic carbocycles. The molecule has 0 bridgehead atoms. The number of rotatable bonds is 6. The molecular weight excluding hydrogens is 302 g/mol. The molecule has 0 aliphatic rings. The van der Waals surface area contributed by atoms with E-state index >= 15 is 0 Å². The van der Waals surface area contributed by atoms with Crippen molar-refractivity contribution >= 4 is 23.2 Å². The fraction of sp³-hybridized carbons (Fsp3) is 0.235. The molecule has 2 aromatic rings. The van der Waals surface area contributed by atoms with Gasteiger partial charge in [0.05, 0.1) is 7.11 Å². The lowest BCUT2D eigenvalue weighted by molar-refractivity contribution is -0.122. The molecule has 0 heterocycles. The smallest absolute Gasteiger partial charge is 0.265 e. The predicted molar refractivity (Wildman–Crippen MR) is 87.8 cm³/mol. The Bertz CT molecular complexity index is 611. The molecule has 1 N–H and O–H groups in total. The molecular formula is C17H18ClNO3. The van der Waals surface area contributed by atoms with Gasteiger partial charge in [-0.25, -0.2) is 0 Å². The number of ether oxygens (including phenoxy) is 2. The lowest BCUT2D eigenvalue weighted by Crippen LogP contribution is -2.32. The van der Waals surface area contributed by atoms with Gasteiger partial charge in [0.1, 0.15) is 11.5 Å². The molecule has 4 nitrogen and oxygen atoms in total. The van der Waals surface area contributed by atoms with Gasteiger partial charge >= 0.3 is 0 Å². The Morgan fingerprint density at radius 2 is 1.68 bits per heavy atom. The molecule has 0 aromatic heterocycles. The van der Waals surface area contributed by atoms with Crippen molar-refractivity contribution in [2.75, 3.05) is 12.4 Å². The summed E-state index contributed by atoms with van der Waals surface area (Å²) >= 11 is 5.82. The van der Waals surface area contributed by atoms with E-state index < -0.39 is 6.10 Å². The van der Waals surface area contributed by atoms with Crippen LogP contribution in [-0.4, -0.2) is 19.1 Å². The average Bonchev–Trinajstić information content (AvgIpc) is 2.55. The molecule has 0 spiro atoms. The summed E-state index contributed by atoms with van der Waals surface area (Å²) in [4.78, 5) is 12.3. The minimum absolute atomic E-state index is 0.194. The summed E-state index contributed by atoms with van der Waals surface area (Å²) in [6.45, 7) is 1.90. The maximum Gasteiger partial charge on any atom is 0.265 e. The highest BCUT2D eigenvalue weighted by Gasteiger charge is 2.18. The van der Waals surface area contributed by atoms with Crippen molar-refractivity contribution in [3.8, 4) is 11.5 Å². The summed E-state index contributed by atoms with van der Waals surface area (Å²) in [5, 5.41) is 3.44. The van der Waals surface area contributed by atoms with Gasteiger partial charge in [-0.15, -0.1) is 0 Å². The van der Waals surface area contributed by atoms with Gasteiger partial charge in [0, 0.05) is 10.7 Å². The summed E-state index contributed by atoms with van der Waals surface area (Å²) in [5.74, 6) is 1.17. The van der Waals surface area contributed by atoms with Gasteiger partial charge in [0.2, 0.25) is 0 Å². The van der Waals surface area contributed by atoms with Crippen LogP contribution < -0.4 is 14.8 Å². The third-order valence-corrected chi connectivity index (χ3v) is 3.36. The summed E-state index contributed by atoms with van der Waals surface area (Å²) in [6.07, 6.45) is -0.00471. The van der Waals surface area contributed by atoms with Crippen LogP contribution in [0.1, 0.15) is 13.3 Å². The van der Waals surface area contributed by atoms with E-state index in [-0.39, 0.29) is 5.91 Å². The Kier molecular flexibility index (Phi) is 5.67. The van der Waals surface area contributed by atoms with E-state index in [0.717, 1.165) is 5.75 Å². The number of hydrogen-bond donors (Lipinski definition) is 1. The first-order chi connectivity index (χ1) is 10.6. The molecule has 0 saturated heterocycles. The molecule has 0 radical (unpaired) electrons. The van der Waals surface area contributed by atoms with Crippen molar-refractivity contribution in [1.82, 2.24) is 0 Å². The highest BCUT2D eigenvalue weighted by Crippen LogP contribution is 2.20. The molecule has 1 unspecified atom stereocenters. The van der Waals surface area contributed by atoms with Gasteiger partial charge < -0.3 is 14.8 Å². The van der Waals surface area contributed by atoms with E-state index in [1.165, 1.54) is 0 Å². The summed E-state index contributed by atoms with van der Waals surface area (Å²) < 4.78 is 10.8. The van der Waals surface area contributed by atoms with Crippen molar-refractivity contribution in [1.29, 1.82) is 0 Å². The van der Waals surface area contributed by atoms with E-state index in [9.17, 15) is 4.79 Å². The number of carbonyl (C=O) groups is 1. The summed E-state index contributed by atoms with van der Waals surface area (Å²) in [5.41, 5.74) is 0.686. The number of nitrogens with one attached hydrogen (secondary N) is 1. The van der Waals surface area contributed by atoms with E-state index in [0.29, 0.717) is 22.9 Å². The maximum atomic E-state index is 12.3. The number of methoxy groups -OCH3 is 1. The minimum atomic E-state index is -0.566. The Hall–Kier alpha value is -2.20. The van der Waals surface area contributed by atoms with Gasteiger partial charge in [0.25, 0.3) is 5.91 Å². The third kappa shape index (κ3) is 4.40. The molecule has 5 heteroatoms. The molecule has 116 valence electrons. The normalized spacial score (nSPS) is 11.6. The first-order valence-corrected chi connectivity index (χ1v) is 7.37. The van der Waals surface area contributed by atoms with Crippen molar-refractivity contribution in [3.63, 3.8) is 0 Å². The number of benzene rings is 2. The van der Waals surface area contributed by atoms with Crippen molar-refractivity contribution < 1.29 is 14.3 Å². The Morgan fingerprint density at radius 3 is 2.23 bits per heavy atom. The van der Waals surface area contributed by atoms with Crippen molar-refractivity contribution in [2.24, 2.45) is 0 Å². The third-order valence-electron chi connectivity index (χ3n) is 3.11. The Morgan fingerprint density at radius 1 is 1.09 bits per heavy atom. The highest BCUT2D eigenvalue weighted by molar-refractivity contribution is 6.30. The minimum Gasteiger partial charge on any atom is -0.497 e.